The molecule has 1 atom stereocenters. The average molecular weight is 423 g/mol. The number of methoxy groups -OCH3 is 1. The van der Waals surface area contributed by atoms with Gasteiger partial charge < -0.3 is 20.3 Å². The fourth-order valence-electron chi connectivity index (χ4n) is 4.50. The topological polar surface area (TPSA) is 73.9 Å². The molecule has 2 N–H and O–H groups in total. The molecule has 2 heterocycles. The Hall–Kier alpha value is -3.06. The van der Waals surface area contributed by atoms with E-state index in [1.54, 1.807) is 18.2 Å². The predicted octanol–water partition coefficient (Wildman–Crippen LogP) is 2.58. The van der Waals surface area contributed by atoms with Crippen LogP contribution in [0.5, 0.6) is 5.75 Å². The Morgan fingerprint density at radius 1 is 1.06 bits per heavy atom. The van der Waals surface area contributed by atoms with Crippen molar-refractivity contribution in [3.8, 4) is 5.75 Å². The third-order valence-corrected chi connectivity index (χ3v) is 6.21. The van der Waals surface area contributed by atoms with Crippen molar-refractivity contribution in [1.82, 2.24) is 10.2 Å². The molecule has 0 spiro atoms. The van der Waals surface area contributed by atoms with E-state index >= 15 is 0 Å². The summed E-state index contributed by atoms with van der Waals surface area (Å²) >= 11 is 0. The zero-order valence-electron chi connectivity index (χ0n) is 18.2. The zero-order valence-corrected chi connectivity index (χ0v) is 18.2. The zero-order chi connectivity index (χ0) is 21.8. The molecule has 2 aromatic rings. The van der Waals surface area contributed by atoms with Crippen LogP contribution in [0.3, 0.4) is 0 Å². The molecular weight excluding hydrogens is 392 g/mol. The van der Waals surface area contributed by atoms with Crippen molar-refractivity contribution in [2.24, 2.45) is 0 Å². The van der Waals surface area contributed by atoms with Gasteiger partial charge in [-0.15, -0.1) is 0 Å². The summed E-state index contributed by atoms with van der Waals surface area (Å²) < 4.78 is 5.24. The number of rotatable bonds is 6. The van der Waals surface area contributed by atoms with Crippen LogP contribution in [0.2, 0.25) is 0 Å². The van der Waals surface area contributed by atoms with Gasteiger partial charge in [0.25, 0.3) is 0 Å². The molecule has 1 unspecified atom stereocenters. The fraction of sp³-hybridized carbons (Fsp3) is 0.417. The lowest BCUT2D eigenvalue weighted by Crippen LogP contribution is -2.41. The first-order valence-electron chi connectivity index (χ1n) is 10.9. The highest BCUT2D eigenvalue weighted by atomic mass is 16.5. The van der Waals surface area contributed by atoms with Crippen molar-refractivity contribution < 1.29 is 14.3 Å². The van der Waals surface area contributed by atoms with E-state index in [9.17, 15) is 9.59 Å². The monoisotopic (exact) mass is 422 g/mol. The van der Waals surface area contributed by atoms with Gasteiger partial charge in [0, 0.05) is 25.8 Å². The number of carbonyl (C=O) groups is 2. The average Bonchev–Trinajstić information content (AvgIpc) is 3.44. The summed E-state index contributed by atoms with van der Waals surface area (Å²) in [6, 6.07) is 13.7. The highest BCUT2D eigenvalue weighted by Gasteiger charge is 2.27. The number of nitrogens with zero attached hydrogens (tertiary/aromatic N) is 2. The molecule has 1 fully saturated rings. The number of ether oxygens (including phenoxy) is 1. The largest absolute Gasteiger partial charge is 0.495 e. The Morgan fingerprint density at radius 3 is 2.61 bits per heavy atom. The van der Waals surface area contributed by atoms with E-state index in [0.717, 1.165) is 38.9 Å². The molecule has 0 aliphatic carbocycles. The number of likely N-dealkylation sites (tertiary alicyclic amines) is 1. The van der Waals surface area contributed by atoms with Crippen molar-refractivity contribution in [3.05, 3.63) is 53.6 Å². The Kier molecular flexibility index (Phi) is 6.42. The van der Waals surface area contributed by atoms with Crippen LogP contribution in [0, 0.1) is 0 Å². The minimum absolute atomic E-state index is 0.0571. The highest BCUT2D eigenvalue weighted by Crippen LogP contribution is 2.32. The first-order valence-corrected chi connectivity index (χ1v) is 10.9. The normalized spacial score (nSPS) is 16.6. The number of para-hydroxylation sites is 2. The van der Waals surface area contributed by atoms with E-state index in [0.29, 0.717) is 18.0 Å². The van der Waals surface area contributed by atoms with Crippen molar-refractivity contribution in [2.75, 3.05) is 50.6 Å². The Morgan fingerprint density at radius 2 is 1.84 bits per heavy atom. The summed E-state index contributed by atoms with van der Waals surface area (Å²) in [6.07, 6.45) is 3.36. The van der Waals surface area contributed by atoms with Crippen LogP contribution in [0.15, 0.2) is 42.5 Å². The van der Waals surface area contributed by atoms with Gasteiger partial charge in [-0.05, 0) is 61.7 Å². The van der Waals surface area contributed by atoms with Gasteiger partial charge in [-0.25, -0.2) is 0 Å². The summed E-state index contributed by atoms with van der Waals surface area (Å²) in [6.45, 7) is 3.44. The molecule has 2 aliphatic heterocycles. The molecule has 7 nitrogen and oxygen atoms in total. The van der Waals surface area contributed by atoms with E-state index in [1.807, 2.05) is 6.07 Å². The number of nitrogens with one attached hydrogen (secondary N) is 2. The van der Waals surface area contributed by atoms with Crippen molar-refractivity contribution >= 4 is 23.2 Å². The van der Waals surface area contributed by atoms with E-state index in [4.69, 9.17) is 4.74 Å². The summed E-state index contributed by atoms with van der Waals surface area (Å²) in [5, 5.41) is 5.49. The molecule has 4 rings (SSSR count). The summed E-state index contributed by atoms with van der Waals surface area (Å²) in [4.78, 5) is 29.7. The lowest BCUT2D eigenvalue weighted by Gasteiger charge is -2.28. The van der Waals surface area contributed by atoms with Gasteiger partial charge in [-0.1, -0.05) is 24.3 Å². The molecule has 2 amide bonds. The van der Waals surface area contributed by atoms with Crippen molar-refractivity contribution in [1.29, 1.82) is 0 Å². The molecule has 0 bridgehead atoms. The van der Waals surface area contributed by atoms with E-state index in [-0.39, 0.29) is 6.04 Å². The van der Waals surface area contributed by atoms with E-state index < -0.39 is 11.8 Å². The molecule has 1 saturated heterocycles. The van der Waals surface area contributed by atoms with Crippen molar-refractivity contribution in [2.45, 2.75) is 25.3 Å². The Bertz CT molecular complexity index is 956. The van der Waals surface area contributed by atoms with Crippen molar-refractivity contribution in [3.63, 3.8) is 0 Å². The minimum atomic E-state index is -0.694. The SMILES string of the molecule is COc1ccccc1NC(=O)C(=O)NCC(c1ccc2c(c1)CCN2C)N1CCCC1. The van der Waals surface area contributed by atoms with E-state index in [1.165, 1.54) is 23.9 Å². The number of fused-ring (bicyclic) bond motifs is 1. The standard InChI is InChI=1S/C24H30N4O3/c1-27-14-11-18-15-17(9-10-20(18)27)21(28-12-5-6-13-28)16-25-23(29)24(30)26-19-7-3-4-8-22(19)31-2/h3-4,7-10,15,21H,5-6,11-14,16H2,1-2H3,(H,25,29)(H,26,30). The van der Waals surface area contributed by atoms with Crippen LogP contribution < -0.4 is 20.3 Å². The van der Waals surface area contributed by atoms with Crippen LogP contribution in [0.25, 0.3) is 0 Å². The van der Waals surface area contributed by atoms with Gasteiger partial charge >= 0.3 is 11.8 Å². The smallest absolute Gasteiger partial charge is 0.313 e. The van der Waals surface area contributed by atoms with Gasteiger partial charge in [-0.2, -0.15) is 0 Å². The summed E-state index contributed by atoms with van der Waals surface area (Å²) in [5.74, 6) is -0.821. The molecule has 0 aromatic heterocycles. The highest BCUT2D eigenvalue weighted by molar-refractivity contribution is 6.39. The van der Waals surface area contributed by atoms with Gasteiger partial charge in [-0.3, -0.25) is 14.5 Å². The van der Waals surface area contributed by atoms with Crippen LogP contribution in [0.1, 0.15) is 30.0 Å². The quantitative estimate of drug-likeness (QED) is 0.700. The molecule has 7 heteroatoms. The summed E-state index contributed by atoms with van der Waals surface area (Å²) in [7, 11) is 3.64. The van der Waals surface area contributed by atoms with Gasteiger partial charge in [0.15, 0.2) is 0 Å². The second kappa shape index (κ2) is 9.39. The van der Waals surface area contributed by atoms with Crippen LogP contribution in [-0.2, 0) is 16.0 Å². The number of carbonyl (C=O) groups excluding carboxylic acids is 2. The molecule has 0 radical (unpaired) electrons. The molecule has 2 aliphatic rings. The molecule has 0 saturated carbocycles. The fourth-order valence-corrected chi connectivity index (χ4v) is 4.50. The maximum absolute atomic E-state index is 12.5. The van der Waals surface area contributed by atoms with E-state index in [2.05, 4.69) is 45.7 Å². The van der Waals surface area contributed by atoms with Gasteiger partial charge in [0.05, 0.1) is 18.8 Å². The maximum Gasteiger partial charge on any atom is 0.313 e. The number of hydrogen-bond acceptors (Lipinski definition) is 5. The molecular formula is C24H30N4O3. The third-order valence-electron chi connectivity index (χ3n) is 6.21. The Balaban J connectivity index is 1.44. The van der Waals surface area contributed by atoms with Gasteiger partial charge in [0.2, 0.25) is 0 Å². The van der Waals surface area contributed by atoms with Crippen LogP contribution >= 0.6 is 0 Å². The maximum atomic E-state index is 12.5. The number of anilines is 2. The molecule has 164 valence electrons. The molecule has 2 aromatic carbocycles. The predicted molar refractivity (Wildman–Crippen MR) is 122 cm³/mol. The number of benzene rings is 2. The number of hydrogen-bond donors (Lipinski definition) is 2. The first-order chi connectivity index (χ1) is 15.1. The lowest BCUT2D eigenvalue weighted by atomic mass is 10.0. The first kappa shape index (κ1) is 21.2. The van der Waals surface area contributed by atoms with Crippen LogP contribution in [0.4, 0.5) is 11.4 Å². The number of amides is 2. The number of likely N-dealkylation sites (N-methyl/N-ethyl adjacent to an activating group) is 1. The second-order valence-electron chi connectivity index (χ2n) is 8.18. The van der Waals surface area contributed by atoms with Gasteiger partial charge in [0.1, 0.15) is 5.75 Å². The Labute approximate surface area is 183 Å². The van der Waals surface area contributed by atoms with Crippen LogP contribution in [-0.4, -0.2) is 57.1 Å². The lowest BCUT2D eigenvalue weighted by molar-refractivity contribution is -0.136. The second-order valence-corrected chi connectivity index (χ2v) is 8.18. The molecule has 31 heavy (non-hydrogen) atoms. The third kappa shape index (κ3) is 4.66. The minimum Gasteiger partial charge on any atom is -0.495 e. The summed E-state index contributed by atoms with van der Waals surface area (Å²) in [5.41, 5.74) is 4.30.